The first-order chi connectivity index (χ1) is 7.52. The number of primary amides is 1. The molecule has 6 nitrogen and oxygen atoms in total. The molecule has 16 heavy (non-hydrogen) atoms. The number of amides is 3. The van der Waals surface area contributed by atoms with Crippen LogP contribution in [0.5, 0.6) is 0 Å². The molecule has 0 aliphatic carbocycles. The second kappa shape index (κ2) is 5.69. The van der Waals surface area contributed by atoms with Crippen molar-refractivity contribution in [2.75, 3.05) is 19.7 Å². The molecule has 0 aromatic heterocycles. The van der Waals surface area contributed by atoms with Crippen LogP contribution in [-0.4, -0.2) is 47.7 Å². The number of piperidine rings is 1. The van der Waals surface area contributed by atoms with Crippen molar-refractivity contribution in [1.29, 1.82) is 0 Å². The Kier molecular flexibility index (Phi) is 4.54. The van der Waals surface area contributed by atoms with Gasteiger partial charge in [0, 0.05) is 32.7 Å². The maximum absolute atomic E-state index is 11.1. The third-order valence-corrected chi connectivity index (χ3v) is 2.79. The fourth-order valence-electron chi connectivity index (χ4n) is 2.17. The summed E-state index contributed by atoms with van der Waals surface area (Å²) in [4.78, 5) is 23.6. The highest BCUT2D eigenvalue weighted by Gasteiger charge is 2.28. The average molecular weight is 229 g/mol. The molecule has 1 aliphatic heterocycles. The van der Waals surface area contributed by atoms with E-state index in [1.807, 2.05) is 0 Å². The number of urea groups is 1. The number of nitrogens with zero attached hydrogens (tertiary/aromatic N) is 1. The van der Waals surface area contributed by atoms with Gasteiger partial charge < -0.3 is 21.1 Å². The molecule has 6 heteroatoms. The van der Waals surface area contributed by atoms with Crippen molar-refractivity contribution in [2.24, 2.45) is 11.7 Å². The standard InChI is InChI=1S/C10H19N3O3/c1-7(15)12-9-4-8(2-3-14)5-13(6-9)10(11)16/h8-9,14H,2-6H2,1H3,(H2,11,16)(H,12,15). The van der Waals surface area contributed by atoms with Gasteiger partial charge in [-0.2, -0.15) is 0 Å². The molecule has 2 atom stereocenters. The number of likely N-dealkylation sites (tertiary alicyclic amines) is 1. The lowest BCUT2D eigenvalue weighted by Gasteiger charge is -2.36. The highest BCUT2D eigenvalue weighted by atomic mass is 16.3. The van der Waals surface area contributed by atoms with Crippen molar-refractivity contribution < 1.29 is 14.7 Å². The molecule has 3 amide bonds. The Bertz CT molecular complexity index is 270. The van der Waals surface area contributed by atoms with Crippen LogP contribution in [0.1, 0.15) is 19.8 Å². The van der Waals surface area contributed by atoms with E-state index in [2.05, 4.69) is 5.32 Å². The molecule has 2 unspecified atom stereocenters. The lowest BCUT2D eigenvalue weighted by Crippen LogP contribution is -2.53. The summed E-state index contributed by atoms with van der Waals surface area (Å²) in [5.74, 6) is 0.0853. The lowest BCUT2D eigenvalue weighted by atomic mass is 9.92. The summed E-state index contributed by atoms with van der Waals surface area (Å²) in [5.41, 5.74) is 5.23. The number of nitrogens with one attached hydrogen (secondary N) is 1. The van der Waals surface area contributed by atoms with Crippen LogP contribution in [0.2, 0.25) is 0 Å². The number of carbonyl (C=O) groups is 2. The van der Waals surface area contributed by atoms with Crippen LogP contribution < -0.4 is 11.1 Å². The Morgan fingerprint density at radius 1 is 1.50 bits per heavy atom. The molecule has 0 spiro atoms. The van der Waals surface area contributed by atoms with Gasteiger partial charge in [-0.3, -0.25) is 4.79 Å². The second-order valence-corrected chi connectivity index (χ2v) is 4.25. The summed E-state index contributed by atoms with van der Waals surface area (Å²) >= 11 is 0. The molecular formula is C10H19N3O3. The Balaban J connectivity index is 2.58. The van der Waals surface area contributed by atoms with Gasteiger partial charge in [0.1, 0.15) is 0 Å². The first-order valence-electron chi connectivity index (χ1n) is 5.45. The average Bonchev–Trinajstić information content (AvgIpc) is 2.16. The van der Waals surface area contributed by atoms with Gasteiger partial charge in [0.15, 0.2) is 0 Å². The normalized spacial score (nSPS) is 25.2. The Labute approximate surface area is 94.8 Å². The first-order valence-corrected chi connectivity index (χ1v) is 5.45. The zero-order valence-electron chi connectivity index (χ0n) is 9.48. The van der Waals surface area contributed by atoms with E-state index in [4.69, 9.17) is 10.8 Å². The number of carbonyl (C=O) groups excluding carboxylic acids is 2. The predicted octanol–water partition coefficient (Wildman–Crippen LogP) is -0.726. The van der Waals surface area contributed by atoms with Crippen LogP contribution in [0.15, 0.2) is 0 Å². The van der Waals surface area contributed by atoms with E-state index in [0.29, 0.717) is 19.5 Å². The van der Waals surface area contributed by atoms with Gasteiger partial charge in [-0.1, -0.05) is 0 Å². The van der Waals surface area contributed by atoms with Crippen molar-refractivity contribution in [1.82, 2.24) is 10.2 Å². The molecule has 4 N–H and O–H groups in total. The van der Waals surface area contributed by atoms with E-state index in [0.717, 1.165) is 6.42 Å². The SMILES string of the molecule is CC(=O)NC1CC(CCO)CN(C(N)=O)C1. The fraction of sp³-hybridized carbons (Fsp3) is 0.800. The number of nitrogens with two attached hydrogens (primary N) is 1. The minimum atomic E-state index is -0.474. The summed E-state index contributed by atoms with van der Waals surface area (Å²) in [6.07, 6.45) is 1.41. The monoisotopic (exact) mass is 229 g/mol. The number of hydrogen-bond donors (Lipinski definition) is 3. The Hall–Kier alpha value is -1.30. The maximum Gasteiger partial charge on any atom is 0.314 e. The van der Waals surface area contributed by atoms with Crippen molar-refractivity contribution in [3.05, 3.63) is 0 Å². The Morgan fingerprint density at radius 3 is 2.69 bits per heavy atom. The van der Waals surface area contributed by atoms with Crippen LogP contribution in [0.3, 0.4) is 0 Å². The molecule has 1 saturated heterocycles. The van der Waals surface area contributed by atoms with Gasteiger partial charge in [0.05, 0.1) is 0 Å². The van der Waals surface area contributed by atoms with Crippen LogP contribution >= 0.6 is 0 Å². The van der Waals surface area contributed by atoms with Crippen LogP contribution in [0.4, 0.5) is 4.79 Å². The molecule has 0 aromatic carbocycles. The quantitative estimate of drug-likeness (QED) is 0.595. The van der Waals surface area contributed by atoms with Gasteiger partial charge >= 0.3 is 6.03 Å². The summed E-state index contributed by atoms with van der Waals surface area (Å²) in [6, 6.07) is -0.534. The summed E-state index contributed by atoms with van der Waals surface area (Å²) < 4.78 is 0. The third kappa shape index (κ3) is 3.69. The summed E-state index contributed by atoms with van der Waals surface area (Å²) in [6.45, 7) is 2.55. The molecular weight excluding hydrogens is 210 g/mol. The van der Waals surface area contributed by atoms with E-state index in [9.17, 15) is 9.59 Å². The topological polar surface area (TPSA) is 95.7 Å². The van der Waals surface area contributed by atoms with E-state index < -0.39 is 6.03 Å². The van der Waals surface area contributed by atoms with Crippen molar-refractivity contribution in [3.8, 4) is 0 Å². The molecule has 0 saturated carbocycles. The molecule has 1 rings (SSSR count). The zero-order valence-corrected chi connectivity index (χ0v) is 9.48. The Morgan fingerprint density at radius 2 is 2.19 bits per heavy atom. The van der Waals surface area contributed by atoms with Crippen molar-refractivity contribution in [3.63, 3.8) is 0 Å². The third-order valence-electron chi connectivity index (χ3n) is 2.79. The summed E-state index contributed by atoms with van der Waals surface area (Å²) in [5, 5.41) is 11.7. The van der Waals surface area contributed by atoms with Gasteiger partial charge in [-0.15, -0.1) is 0 Å². The minimum Gasteiger partial charge on any atom is -0.396 e. The van der Waals surface area contributed by atoms with E-state index in [-0.39, 0.29) is 24.5 Å². The van der Waals surface area contributed by atoms with E-state index in [1.165, 1.54) is 11.8 Å². The maximum atomic E-state index is 11.1. The number of rotatable bonds is 3. The molecule has 1 aliphatic rings. The smallest absolute Gasteiger partial charge is 0.314 e. The highest BCUT2D eigenvalue weighted by Crippen LogP contribution is 2.19. The predicted molar refractivity (Wildman–Crippen MR) is 58.6 cm³/mol. The fourth-order valence-corrected chi connectivity index (χ4v) is 2.17. The van der Waals surface area contributed by atoms with Crippen LogP contribution in [-0.2, 0) is 4.79 Å². The van der Waals surface area contributed by atoms with Crippen LogP contribution in [0, 0.1) is 5.92 Å². The minimum absolute atomic E-state index is 0.0599. The van der Waals surface area contributed by atoms with Gasteiger partial charge in [-0.25, -0.2) is 4.79 Å². The molecule has 1 fully saturated rings. The van der Waals surface area contributed by atoms with E-state index >= 15 is 0 Å². The number of aliphatic hydroxyl groups excluding tert-OH is 1. The van der Waals surface area contributed by atoms with Gasteiger partial charge in [-0.05, 0) is 18.8 Å². The molecule has 0 radical (unpaired) electrons. The van der Waals surface area contributed by atoms with Gasteiger partial charge in [0.25, 0.3) is 0 Å². The number of aliphatic hydroxyl groups is 1. The van der Waals surface area contributed by atoms with Crippen LogP contribution in [0.25, 0.3) is 0 Å². The van der Waals surface area contributed by atoms with E-state index in [1.54, 1.807) is 0 Å². The zero-order chi connectivity index (χ0) is 12.1. The lowest BCUT2D eigenvalue weighted by molar-refractivity contribution is -0.120. The number of hydrogen-bond acceptors (Lipinski definition) is 3. The summed E-state index contributed by atoms with van der Waals surface area (Å²) in [7, 11) is 0. The molecule has 92 valence electrons. The molecule has 0 bridgehead atoms. The largest absolute Gasteiger partial charge is 0.396 e. The highest BCUT2D eigenvalue weighted by molar-refractivity contribution is 5.74. The van der Waals surface area contributed by atoms with Gasteiger partial charge in [0.2, 0.25) is 5.91 Å². The second-order valence-electron chi connectivity index (χ2n) is 4.25. The van der Waals surface area contributed by atoms with Crippen molar-refractivity contribution in [2.45, 2.75) is 25.8 Å². The van der Waals surface area contributed by atoms with Crippen molar-refractivity contribution >= 4 is 11.9 Å². The molecule has 0 aromatic rings. The molecule has 1 heterocycles. The first kappa shape index (κ1) is 12.8.